The molecule has 2 heteroatoms. The summed E-state index contributed by atoms with van der Waals surface area (Å²) in [4.78, 5) is 5.68. The van der Waals surface area contributed by atoms with Gasteiger partial charge in [0.05, 0.1) is 0 Å². The van der Waals surface area contributed by atoms with Crippen LogP contribution in [0.5, 0.6) is 0 Å². The zero-order valence-corrected chi connectivity index (χ0v) is 8.16. The molecule has 1 aliphatic rings. The van der Waals surface area contributed by atoms with Crippen molar-refractivity contribution in [2.24, 2.45) is 0 Å². The van der Waals surface area contributed by atoms with E-state index in [-0.39, 0.29) is 0 Å². The molecule has 1 aromatic carbocycles. The maximum atomic E-state index is 3.22. The van der Waals surface area contributed by atoms with Gasteiger partial charge in [0.1, 0.15) is 0 Å². The highest BCUT2D eigenvalue weighted by Gasteiger charge is 2.12. The predicted molar refractivity (Wildman–Crippen MR) is 59.7 cm³/mol. The highest BCUT2D eigenvalue weighted by Crippen LogP contribution is 2.24. The molecule has 72 valence electrons. The van der Waals surface area contributed by atoms with Crippen LogP contribution in [0.1, 0.15) is 12.8 Å². The Balaban J connectivity index is 2.04. The van der Waals surface area contributed by atoms with E-state index >= 15 is 0 Å². The average molecular weight is 186 g/mol. The van der Waals surface area contributed by atoms with Crippen LogP contribution in [-0.2, 0) is 0 Å². The summed E-state index contributed by atoms with van der Waals surface area (Å²) in [6, 6.07) is 8.79. The fourth-order valence-electron chi connectivity index (χ4n) is 2.21. The van der Waals surface area contributed by atoms with Crippen LogP contribution in [0, 0.1) is 0 Å². The number of rotatable bonds is 1. The second kappa shape index (κ2) is 3.05. The minimum Gasteiger partial charge on any atom is -0.372 e. The van der Waals surface area contributed by atoms with Crippen molar-refractivity contribution in [1.29, 1.82) is 0 Å². The van der Waals surface area contributed by atoms with E-state index in [4.69, 9.17) is 0 Å². The summed E-state index contributed by atoms with van der Waals surface area (Å²) in [6.45, 7) is 2.44. The van der Waals surface area contributed by atoms with E-state index < -0.39 is 0 Å². The Labute approximate surface area is 83.5 Å². The highest BCUT2D eigenvalue weighted by atomic mass is 15.1. The van der Waals surface area contributed by atoms with Gasteiger partial charge < -0.3 is 9.88 Å². The zero-order chi connectivity index (χ0) is 9.38. The minimum atomic E-state index is 1.22. The lowest BCUT2D eigenvalue weighted by molar-refractivity contribution is 0.949. The fraction of sp³-hybridized carbons (Fsp3) is 0.333. The molecule has 2 heterocycles. The predicted octanol–water partition coefficient (Wildman–Crippen LogP) is 2.77. The summed E-state index contributed by atoms with van der Waals surface area (Å²) < 4.78 is 0. The van der Waals surface area contributed by atoms with Gasteiger partial charge in [0.25, 0.3) is 0 Å². The van der Waals surface area contributed by atoms with Crippen molar-refractivity contribution in [2.75, 3.05) is 18.0 Å². The smallest absolute Gasteiger partial charge is 0.0455 e. The molecule has 2 nitrogen and oxygen atoms in total. The van der Waals surface area contributed by atoms with Gasteiger partial charge in [-0.3, -0.25) is 0 Å². The van der Waals surface area contributed by atoms with Gasteiger partial charge in [0, 0.05) is 35.9 Å². The molecule has 1 fully saturated rings. The molecule has 0 atom stereocenters. The van der Waals surface area contributed by atoms with Crippen LogP contribution in [0.25, 0.3) is 10.9 Å². The molecule has 0 saturated carbocycles. The molecule has 0 bridgehead atoms. The van der Waals surface area contributed by atoms with E-state index in [1.165, 1.54) is 42.5 Å². The van der Waals surface area contributed by atoms with E-state index in [1.807, 2.05) is 6.20 Å². The number of nitrogens with one attached hydrogen (secondary N) is 1. The first-order valence-electron chi connectivity index (χ1n) is 5.25. The van der Waals surface area contributed by atoms with E-state index in [2.05, 4.69) is 34.1 Å². The van der Waals surface area contributed by atoms with Crippen LogP contribution < -0.4 is 4.90 Å². The maximum Gasteiger partial charge on any atom is 0.0455 e. The molecular weight excluding hydrogens is 172 g/mol. The Morgan fingerprint density at radius 3 is 2.79 bits per heavy atom. The average Bonchev–Trinajstić information content (AvgIpc) is 2.88. The molecule has 1 aromatic heterocycles. The van der Waals surface area contributed by atoms with Crippen LogP contribution in [0.2, 0.25) is 0 Å². The quantitative estimate of drug-likeness (QED) is 0.725. The number of H-pyrrole nitrogens is 1. The number of aromatic amines is 1. The Bertz CT molecular complexity index is 438. The van der Waals surface area contributed by atoms with Gasteiger partial charge in [-0.2, -0.15) is 0 Å². The zero-order valence-electron chi connectivity index (χ0n) is 8.16. The highest BCUT2D eigenvalue weighted by molar-refractivity contribution is 5.83. The number of fused-ring (bicyclic) bond motifs is 1. The molecule has 0 unspecified atom stereocenters. The van der Waals surface area contributed by atoms with Crippen molar-refractivity contribution in [3.05, 3.63) is 30.5 Å². The lowest BCUT2D eigenvalue weighted by atomic mass is 10.2. The van der Waals surface area contributed by atoms with Gasteiger partial charge in [0.15, 0.2) is 0 Å². The number of benzene rings is 1. The summed E-state index contributed by atoms with van der Waals surface area (Å²) in [5.74, 6) is 0. The number of aromatic nitrogens is 1. The third-order valence-electron chi connectivity index (χ3n) is 3.01. The molecule has 0 aliphatic carbocycles. The number of anilines is 1. The lowest BCUT2D eigenvalue weighted by Gasteiger charge is -2.17. The third-order valence-corrected chi connectivity index (χ3v) is 3.01. The second-order valence-corrected chi connectivity index (χ2v) is 3.94. The second-order valence-electron chi connectivity index (χ2n) is 3.94. The molecule has 3 rings (SSSR count). The van der Waals surface area contributed by atoms with Crippen molar-refractivity contribution in [3.8, 4) is 0 Å². The largest absolute Gasteiger partial charge is 0.372 e. The van der Waals surface area contributed by atoms with Crippen LogP contribution >= 0.6 is 0 Å². The minimum absolute atomic E-state index is 1.22. The van der Waals surface area contributed by atoms with Crippen molar-refractivity contribution in [1.82, 2.24) is 4.98 Å². The first-order chi connectivity index (χ1) is 6.93. The summed E-state index contributed by atoms with van der Waals surface area (Å²) in [5, 5.41) is 1.31. The monoisotopic (exact) mass is 186 g/mol. The first-order valence-corrected chi connectivity index (χ1v) is 5.25. The molecule has 14 heavy (non-hydrogen) atoms. The topological polar surface area (TPSA) is 19.0 Å². The van der Waals surface area contributed by atoms with Gasteiger partial charge in [-0.15, -0.1) is 0 Å². The third kappa shape index (κ3) is 1.18. The molecule has 0 radical (unpaired) electrons. The molecule has 0 spiro atoms. The Morgan fingerprint density at radius 1 is 1.07 bits per heavy atom. The Kier molecular flexibility index (Phi) is 1.72. The number of hydrogen-bond acceptors (Lipinski definition) is 1. The van der Waals surface area contributed by atoms with Crippen LogP contribution in [0.3, 0.4) is 0 Å². The number of nitrogens with zero attached hydrogens (tertiary/aromatic N) is 1. The number of hydrogen-bond donors (Lipinski definition) is 1. The standard InChI is InChI=1S/C12H14N2/c1-2-8-14(7-1)11-3-4-12-10(9-11)5-6-13-12/h3-6,9,13H,1-2,7-8H2. The Hall–Kier alpha value is -1.44. The van der Waals surface area contributed by atoms with Gasteiger partial charge in [-0.05, 0) is 37.1 Å². The van der Waals surface area contributed by atoms with E-state index in [0.717, 1.165) is 0 Å². The van der Waals surface area contributed by atoms with Gasteiger partial charge in [-0.25, -0.2) is 0 Å². The van der Waals surface area contributed by atoms with Gasteiger partial charge >= 0.3 is 0 Å². The molecule has 2 aromatic rings. The first kappa shape index (κ1) is 7.92. The molecule has 0 amide bonds. The van der Waals surface area contributed by atoms with E-state index in [1.54, 1.807) is 0 Å². The van der Waals surface area contributed by atoms with Crippen LogP contribution in [0.15, 0.2) is 30.5 Å². The molecule has 1 saturated heterocycles. The van der Waals surface area contributed by atoms with Crippen molar-refractivity contribution >= 4 is 16.6 Å². The summed E-state index contributed by atoms with van der Waals surface area (Å²) in [7, 11) is 0. The Morgan fingerprint density at radius 2 is 1.93 bits per heavy atom. The normalized spacial score (nSPS) is 16.7. The molecule has 1 aliphatic heterocycles. The van der Waals surface area contributed by atoms with Crippen molar-refractivity contribution in [2.45, 2.75) is 12.8 Å². The van der Waals surface area contributed by atoms with E-state index in [0.29, 0.717) is 0 Å². The van der Waals surface area contributed by atoms with Crippen molar-refractivity contribution in [3.63, 3.8) is 0 Å². The maximum absolute atomic E-state index is 3.22. The molecular formula is C12H14N2. The van der Waals surface area contributed by atoms with Crippen LogP contribution in [0.4, 0.5) is 5.69 Å². The fourth-order valence-corrected chi connectivity index (χ4v) is 2.21. The van der Waals surface area contributed by atoms with Crippen molar-refractivity contribution < 1.29 is 0 Å². The summed E-state index contributed by atoms with van der Waals surface area (Å²) in [6.07, 6.45) is 4.68. The van der Waals surface area contributed by atoms with Gasteiger partial charge in [-0.1, -0.05) is 0 Å². The van der Waals surface area contributed by atoms with Gasteiger partial charge in [0.2, 0.25) is 0 Å². The van der Waals surface area contributed by atoms with E-state index in [9.17, 15) is 0 Å². The SMILES string of the molecule is c1cc2cc(N3CCCC3)ccc2[nH]1. The summed E-state index contributed by atoms with van der Waals surface area (Å²) >= 11 is 0. The van der Waals surface area contributed by atoms with Crippen LogP contribution in [-0.4, -0.2) is 18.1 Å². The molecule has 1 N–H and O–H groups in total. The lowest BCUT2D eigenvalue weighted by Crippen LogP contribution is -2.17. The summed E-state index contributed by atoms with van der Waals surface area (Å²) in [5.41, 5.74) is 2.60.